The summed E-state index contributed by atoms with van der Waals surface area (Å²) in [6, 6.07) is 24.1. The van der Waals surface area contributed by atoms with Crippen LogP contribution in [-0.4, -0.2) is 68.9 Å². The Labute approximate surface area is 265 Å². The number of carbonyl (C=O) groups is 3. The van der Waals surface area contributed by atoms with Gasteiger partial charge in [0.15, 0.2) is 11.5 Å². The van der Waals surface area contributed by atoms with E-state index in [-0.39, 0.29) is 33.9 Å². The lowest BCUT2D eigenvalue weighted by Crippen LogP contribution is -2.50. The Bertz CT molecular complexity index is 1550. The summed E-state index contributed by atoms with van der Waals surface area (Å²) in [5.41, 5.74) is 2.23. The molecule has 1 N–H and O–H groups in total. The Morgan fingerprint density at radius 2 is 1.68 bits per heavy atom. The number of hydrogen-bond donors (Lipinski definition) is 1. The van der Waals surface area contributed by atoms with Crippen LogP contribution in [0.2, 0.25) is 0 Å². The summed E-state index contributed by atoms with van der Waals surface area (Å²) >= 11 is 6.28. The molecule has 2 aliphatic heterocycles. The Morgan fingerprint density at radius 1 is 1.02 bits per heavy atom. The van der Waals surface area contributed by atoms with Crippen LogP contribution >= 0.6 is 24.0 Å². The first-order valence-electron chi connectivity index (χ1n) is 14.1. The molecule has 0 aliphatic carbocycles. The molecule has 228 valence electrons. The third kappa shape index (κ3) is 7.65. The lowest BCUT2D eigenvalue weighted by Gasteiger charge is -2.37. The molecule has 3 aromatic carbocycles. The first-order chi connectivity index (χ1) is 21.2. The smallest absolute Gasteiger partial charge is 0.323 e. The second kappa shape index (κ2) is 14.1. The fourth-order valence-electron chi connectivity index (χ4n) is 5.02. The van der Waals surface area contributed by atoms with Gasteiger partial charge >= 0.3 is 5.97 Å². The summed E-state index contributed by atoms with van der Waals surface area (Å²) in [6.45, 7) is 4.50. The molecule has 3 atom stereocenters. The standard InChI is InChI=1S/C33H32N2O7S2/c1-21-17-34(18-22(2)41-21)32(39)30(25-11-7-4-8-12-25)42-27-15-24(13-14-26(27)40-20-23-9-5-3-6-10-23)16-28-31(38)35(19-29(36)37)33(43)44-28/h3-16,21-22,30H,17-20H2,1-2H3,(H,36,37)/b28-16-. The number of aliphatic carboxylic acids is 1. The molecule has 2 amide bonds. The Hall–Kier alpha value is -4.19. The van der Waals surface area contributed by atoms with Crippen LogP contribution in [-0.2, 0) is 25.7 Å². The monoisotopic (exact) mass is 632 g/mol. The molecule has 44 heavy (non-hydrogen) atoms. The SMILES string of the molecule is CC1CN(C(=O)C(Oc2cc(/C=C3\SC(=S)N(CC(=O)O)C3=O)ccc2OCc2ccccc2)c2ccccc2)CC(C)O1. The average Bonchev–Trinajstić information content (AvgIpc) is 3.26. The van der Waals surface area contributed by atoms with E-state index in [1.807, 2.05) is 74.5 Å². The molecule has 2 heterocycles. The van der Waals surface area contributed by atoms with Crippen LogP contribution in [0.1, 0.15) is 36.6 Å². The number of benzene rings is 3. The second-order valence-electron chi connectivity index (χ2n) is 10.6. The average molecular weight is 633 g/mol. The highest BCUT2D eigenvalue weighted by Crippen LogP contribution is 2.37. The fourth-order valence-corrected chi connectivity index (χ4v) is 6.28. The molecule has 9 nitrogen and oxygen atoms in total. The van der Waals surface area contributed by atoms with Gasteiger partial charge in [0.1, 0.15) is 17.5 Å². The Kier molecular flexibility index (Phi) is 9.99. The maximum Gasteiger partial charge on any atom is 0.323 e. The number of nitrogens with zero attached hydrogens (tertiary/aromatic N) is 2. The van der Waals surface area contributed by atoms with Gasteiger partial charge in [-0.2, -0.15) is 0 Å². The first kappa shape index (κ1) is 31.2. The quantitative estimate of drug-likeness (QED) is 0.235. The van der Waals surface area contributed by atoms with Crippen LogP contribution in [0.4, 0.5) is 0 Å². The van der Waals surface area contributed by atoms with Gasteiger partial charge in [-0.15, -0.1) is 0 Å². The topological polar surface area (TPSA) is 106 Å². The van der Waals surface area contributed by atoms with E-state index in [0.29, 0.717) is 35.7 Å². The number of carboxylic acid groups (broad SMARTS) is 1. The minimum absolute atomic E-state index is 0.118. The molecular weight excluding hydrogens is 601 g/mol. The summed E-state index contributed by atoms with van der Waals surface area (Å²) in [7, 11) is 0. The molecule has 5 rings (SSSR count). The summed E-state index contributed by atoms with van der Waals surface area (Å²) in [6.07, 6.45) is 0.413. The predicted octanol–water partition coefficient (Wildman–Crippen LogP) is 5.31. The molecule has 11 heteroatoms. The van der Waals surface area contributed by atoms with Crippen LogP contribution in [0.15, 0.2) is 83.8 Å². The van der Waals surface area contributed by atoms with E-state index < -0.39 is 24.5 Å². The summed E-state index contributed by atoms with van der Waals surface area (Å²) in [5.74, 6) is -1.11. The normalized spacial score (nSPS) is 20.1. The van der Waals surface area contributed by atoms with Crippen LogP contribution in [0.25, 0.3) is 6.08 Å². The van der Waals surface area contributed by atoms with Gasteiger partial charge in [0.05, 0.1) is 17.1 Å². The van der Waals surface area contributed by atoms with Crippen LogP contribution in [0.3, 0.4) is 0 Å². The van der Waals surface area contributed by atoms with Gasteiger partial charge in [0.2, 0.25) is 6.10 Å². The van der Waals surface area contributed by atoms with Crippen LogP contribution in [0.5, 0.6) is 11.5 Å². The van der Waals surface area contributed by atoms with Crippen molar-refractivity contribution in [3.63, 3.8) is 0 Å². The number of thioether (sulfide) groups is 1. The molecule has 0 aromatic heterocycles. The Morgan fingerprint density at radius 3 is 2.34 bits per heavy atom. The Balaban J connectivity index is 1.49. The van der Waals surface area contributed by atoms with Gasteiger partial charge in [0, 0.05) is 18.7 Å². The van der Waals surface area contributed by atoms with Crippen molar-refractivity contribution < 1.29 is 33.7 Å². The largest absolute Gasteiger partial charge is 0.485 e. The highest BCUT2D eigenvalue weighted by Gasteiger charge is 2.35. The third-order valence-electron chi connectivity index (χ3n) is 6.97. The minimum atomic E-state index is -1.15. The summed E-state index contributed by atoms with van der Waals surface area (Å²) < 4.78 is 18.8. The van der Waals surface area contributed by atoms with Gasteiger partial charge < -0.3 is 24.2 Å². The molecule has 0 radical (unpaired) electrons. The van der Waals surface area contributed by atoms with Crippen molar-refractivity contribution in [2.24, 2.45) is 0 Å². The van der Waals surface area contributed by atoms with E-state index in [9.17, 15) is 19.5 Å². The summed E-state index contributed by atoms with van der Waals surface area (Å²) in [4.78, 5) is 41.3. The van der Waals surface area contributed by atoms with Crippen LogP contribution < -0.4 is 9.47 Å². The zero-order valence-corrected chi connectivity index (χ0v) is 25.9. The number of amides is 2. The maximum atomic E-state index is 14.0. The van der Waals surface area contributed by atoms with Gasteiger partial charge in [-0.05, 0) is 43.2 Å². The van der Waals surface area contributed by atoms with Crippen molar-refractivity contribution in [3.05, 3.63) is 100 Å². The minimum Gasteiger partial charge on any atom is -0.485 e. The molecule has 3 aromatic rings. The molecule has 0 bridgehead atoms. The van der Waals surface area contributed by atoms with Crippen molar-refractivity contribution >= 4 is 52.2 Å². The van der Waals surface area contributed by atoms with Crippen molar-refractivity contribution in [1.29, 1.82) is 0 Å². The number of thiocarbonyl (C=S) groups is 1. The molecular formula is C33H32N2O7S2. The number of morpholine rings is 1. The van der Waals surface area contributed by atoms with Crippen molar-refractivity contribution in [2.75, 3.05) is 19.6 Å². The highest BCUT2D eigenvalue weighted by atomic mass is 32.2. The van der Waals surface area contributed by atoms with E-state index in [2.05, 4.69) is 0 Å². The fraction of sp³-hybridized carbons (Fsp3) is 0.273. The lowest BCUT2D eigenvalue weighted by atomic mass is 10.1. The van der Waals surface area contributed by atoms with Gasteiger partial charge in [0.25, 0.3) is 11.8 Å². The zero-order chi connectivity index (χ0) is 31.2. The molecule has 0 saturated carbocycles. The van der Waals surface area contributed by atoms with Crippen molar-refractivity contribution in [3.8, 4) is 11.5 Å². The van der Waals surface area contributed by atoms with E-state index >= 15 is 0 Å². The number of rotatable bonds is 10. The van der Waals surface area contributed by atoms with Gasteiger partial charge in [-0.25, -0.2) is 0 Å². The molecule has 2 aliphatic rings. The number of hydrogen-bond acceptors (Lipinski definition) is 8. The van der Waals surface area contributed by atoms with Gasteiger partial charge in [-0.3, -0.25) is 19.3 Å². The number of carboxylic acids is 1. The predicted molar refractivity (Wildman–Crippen MR) is 171 cm³/mol. The number of ether oxygens (including phenoxy) is 3. The highest BCUT2D eigenvalue weighted by molar-refractivity contribution is 8.26. The molecule has 3 unspecified atom stereocenters. The van der Waals surface area contributed by atoms with E-state index in [0.717, 1.165) is 22.2 Å². The van der Waals surface area contributed by atoms with Gasteiger partial charge in [-0.1, -0.05) is 90.7 Å². The number of carbonyl (C=O) groups excluding carboxylic acids is 2. The second-order valence-corrected chi connectivity index (χ2v) is 12.2. The molecule has 2 fully saturated rings. The first-order valence-corrected chi connectivity index (χ1v) is 15.3. The van der Waals surface area contributed by atoms with Crippen molar-refractivity contribution in [2.45, 2.75) is 38.8 Å². The van der Waals surface area contributed by atoms with E-state index in [1.165, 1.54) is 0 Å². The molecule has 2 saturated heterocycles. The van der Waals surface area contributed by atoms with Crippen molar-refractivity contribution in [1.82, 2.24) is 9.80 Å². The zero-order valence-electron chi connectivity index (χ0n) is 24.3. The summed E-state index contributed by atoms with van der Waals surface area (Å²) in [5, 5.41) is 9.18. The van der Waals surface area contributed by atoms with Crippen LogP contribution in [0, 0.1) is 0 Å². The molecule has 0 spiro atoms. The van der Waals surface area contributed by atoms with E-state index in [1.54, 1.807) is 29.2 Å². The van der Waals surface area contributed by atoms with E-state index in [4.69, 9.17) is 26.4 Å². The maximum absolute atomic E-state index is 14.0. The third-order valence-corrected chi connectivity index (χ3v) is 8.35. The lowest BCUT2D eigenvalue weighted by molar-refractivity contribution is -0.150.